The molecule has 0 amide bonds. The Bertz CT molecular complexity index is 381. The van der Waals surface area contributed by atoms with Gasteiger partial charge in [-0.3, -0.25) is 4.79 Å². The summed E-state index contributed by atoms with van der Waals surface area (Å²) in [5.41, 5.74) is 6.24. The van der Waals surface area contributed by atoms with E-state index < -0.39 is 5.54 Å². The molecule has 0 radical (unpaired) electrons. The van der Waals surface area contributed by atoms with Crippen LogP contribution in [0.15, 0.2) is 24.3 Å². The summed E-state index contributed by atoms with van der Waals surface area (Å²) < 4.78 is 5.87. The van der Waals surface area contributed by atoms with Gasteiger partial charge in [0.2, 0.25) is 0 Å². The highest BCUT2D eigenvalue weighted by molar-refractivity contribution is 14.1. The number of rotatable bonds is 4. The van der Waals surface area contributed by atoms with Gasteiger partial charge in [-0.1, -0.05) is 25.1 Å². The molecule has 0 spiro atoms. The molecule has 0 heterocycles. The summed E-state index contributed by atoms with van der Waals surface area (Å²) in [6, 6.07) is 7.91. The number of esters is 1. The second kappa shape index (κ2) is 5.63. The zero-order valence-electron chi connectivity index (χ0n) is 9.50. The van der Waals surface area contributed by atoms with Gasteiger partial charge in [0.05, 0.1) is 7.11 Å². The van der Waals surface area contributed by atoms with E-state index in [0.29, 0.717) is 12.8 Å². The average molecular weight is 333 g/mol. The summed E-state index contributed by atoms with van der Waals surface area (Å²) in [4.78, 5) is 11.6. The molecule has 0 aromatic heterocycles. The van der Waals surface area contributed by atoms with E-state index in [1.54, 1.807) is 0 Å². The van der Waals surface area contributed by atoms with Crippen molar-refractivity contribution < 1.29 is 9.53 Å². The summed E-state index contributed by atoms with van der Waals surface area (Å²) in [6.45, 7) is 1.90. The maximum Gasteiger partial charge on any atom is 0.326 e. The Labute approximate surface area is 109 Å². The molecule has 16 heavy (non-hydrogen) atoms. The first-order valence-electron chi connectivity index (χ1n) is 5.14. The van der Waals surface area contributed by atoms with Gasteiger partial charge in [0.15, 0.2) is 0 Å². The first-order chi connectivity index (χ1) is 7.53. The molecule has 1 aromatic carbocycles. The summed E-state index contributed by atoms with van der Waals surface area (Å²) >= 11 is 2.24. The fourth-order valence-electron chi connectivity index (χ4n) is 1.53. The van der Waals surface area contributed by atoms with Crippen molar-refractivity contribution in [2.45, 2.75) is 25.3 Å². The number of benzene rings is 1. The summed E-state index contributed by atoms with van der Waals surface area (Å²) in [5, 5.41) is 0. The van der Waals surface area contributed by atoms with E-state index in [0.717, 1.165) is 9.13 Å². The van der Waals surface area contributed by atoms with Crippen LogP contribution in [0.3, 0.4) is 0 Å². The normalized spacial score (nSPS) is 14.2. The molecule has 0 aliphatic carbocycles. The summed E-state index contributed by atoms with van der Waals surface area (Å²) in [7, 11) is 1.37. The Kier molecular flexibility index (Phi) is 4.73. The molecule has 0 saturated heterocycles. The van der Waals surface area contributed by atoms with Crippen molar-refractivity contribution in [1.29, 1.82) is 0 Å². The zero-order valence-corrected chi connectivity index (χ0v) is 11.7. The number of ether oxygens (including phenoxy) is 1. The molecule has 4 heteroatoms. The van der Waals surface area contributed by atoms with E-state index in [1.807, 2.05) is 31.2 Å². The van der Waals surface area contributed by atoms with E-state index in [2.05, 4.69) is 22.6 Å². The number of hydrogen-bond donors (Lipinski definition) is 1. The first kappa shape index (κ1) is 13.4. The van der Waals surface area contributed by atoms with Gasteiger partial charge in [-0.2, -0.15) is 0 Å². The predicted octanol–water partition coefficient (Wildman–Crippen LogP) is 2.11. The third kappa shape index (κ3) is 2.95. The van der Waals surface area contributed by atoms with Crippen LogP contribution in [-0.4, -0.2) is 18.6 Å². The average Bonchev–Trinajstić information content (AvgIpc) is 2.31. The van der Waals surface area contributed by atoms with Crippen LogP contribution in [0.4, 0.5) is 0 Å². The number of nitrogens with two attached hydrogens (primary N) is 1. The molecule has 0 aliphatic rings. The number of carbonyl (C=O) groups is 1. The van der Waals surface area contributed by atoms with Crippen molar-refractivity contribution in [3.05, 3.63) is 33.4 Å². The molecule has 88 valence electrons. The van der Waals surface area contributed by atoms with E-state index in [4.69, 9.17) is 10.5 Å². The van der Waals surface area contributed by atoms with Crippen molar-refractivity contribution in [1.82, 2.24) is 0 Å². The van der Waals surface area contributed by atoms with E-state index >= 15 is 0 Å². The molecule has 0 fully saturated rings. The summed E-state index contributed by atoms with van der Waals surface area (Å²) in [5.74, 6) is -0.352. The fourth-order valence-corrected chi connectivity index (χ4v) is 2.10. The van der Waals surface area contributed by atoms with Gasteiger partial charge in [-0.15, -0.1) is 0 Å². The lowest BCUT2D eigenvalue weighted by Crippen LogP contribution is -2.50. The van der Waals surface area contributed by atoms with Crippen molar-refractivity contribution in [3.8, 4) is 0 Å². The molecule has 0 bridgehead atoms. The second-order valence-corrected chi connectivity index (χ2v) is 4.93. The monoisotopic (exact) mass is 333 g/mol. The van der Waals surface area contributed by atoms with E-state index in [-0.39, 0.29) is 5.97 Å². The number of hydrogen-bond acceptors (Lipinski definition) is 3. The molecular formula is C12H16INO2. The van der Waals surface area contributed by atoms with Gasteiger partial charge < -0.3 is 10.5 Å². The van der Waals surface area contributed by atoms with Crippen LogP contribution < -0.4 is 5.73 Å². The summed E-state index contributed by atoms with van der Waals surface area (Å²) in [6.07, 6.45) is 1.07. The predicted molar refractivity (Wildman–Crippen MR) is 72.1 cm³/mol. The topological polar surface area (TPSA) is 52.3 Å². The molecule has 0 aliphatic heterocycles. The smallest absolute Gasteiger partial charge is 0.326 e. The number of methoxy groups -OCH3 is 1. The van der Waals surface area contributed by atoms with E-state index in [1.165, 1.54) is 7.11 Å². The maximum atomic E-state index is 11.6. The highest BCUT2D eigenvalue weighted by Gasteiger charge is 2.33. The third-order valence-corrected chi connectivity index (χ3v) is 3.74. The lowest BCUT2D eigenvalue weighted by molar-refractivity contribution is -0.147. The quantitative estimate of drug-likeness (QED) is 0.678. The maximum absolute atomic E-state index is 11.6. The fraction of sp³-hybridized carbons (Fsp3) is 0.417. The van der Waals surface area contributed by atoms with Gasteiger partial charge >= 0.3 is 5.97 Å². The van der Waals surface area contributed by atoms with Gasteiger partial charge in [0.1, 0.15) is 5.54 Å². The molecular weight excluding hydrogens is 317 g/mol. The number of carbonyl (C=O) groups excluding carboxylic acids is 1. The van der Waals surface area contributed by atoms with Crippen molar-refractivity contribution in [2.75, 3.05) is 7.11 Å². The lowest BCUT2D eigenvalue weighted by Gasteiger charge is -2.25. The Balaban J connectivity index is 2.94. The van der Waals surface area contributed by atoms with Crippen molar-refractivity contribution in [3.63, 3.8) is 0 Å². The second-order valence-electron chi connectivity index (χ2n) is 3.77. The van der Waals surface area contributed by atoms with E-state index in [9.17, 15) is 4.79 Å². The van der Waals surface area contributed by atoms with Crippen molar-refractivity contribution in [2.24, 2.45) is 5.73 Å². The number of halogens is 1. The Morgan fingerprint density at radius 2 is 2.12 bits per heavy atom. The van der Waals surface area contributed by atoms with Crippen molar-refractivity contribution >= 4 is 28.6 Å². The standard InChI is InChI=1S/C12H16INO2/c1-3-12(14,11(15)16-2)8-9-6-4-5-7-10(9)13/h4-7H,3,8,14H2,1-2H3/t12-/m1/s1. The largest absolute Gasteiger partial charge is 0.468 e. The molecule has 1 atom stereocenters. The Hall–Kier alpha value is -0.620. The highest BCUT2D eigenvalue weighted by Crippen LogP contribution is 2.20. The SMILES string of the molecule is CC[C@@](N)(Cc1ccccc1I)C(=O)OC. The van der Waals surface area contributed by atoms with Crippen LogP contribution >= 0.6 is 22.6 Å². The molecule has 0 saturated carbocycles. The minimum absolute atomic E-state index is 0.352. The third-order valence-electron chi connectivity index (χ3n) is 2.69. The molecule has 2 N–H and O–H groups in total. The van der Waals surface area contributed by atoms with Crippen LogP contribution in [0.2, 0.25) is 0 Å². The zero-order chi connectivity index (χ0) is 12.2. The van der Waals surface area contributed by atoms with Crippen LogP contribution in [0.25, 0.3) is 0 Å². The molecule has 0 unspecified atom stereocenters. The van der Waals surface area contributed by atoms with Gasteiger partial charge in [0.25, 0.3) is 0 Å². The van der Waals surface area contributed by atoms with Gasteiger partial charge in [-0.05, 0) is 40.6 Å². The minimum Gasteiger partial charge on any atom is -0.468 e. The highest BCUT2D eigenvalue weighted by atomic mass is 127. The Morgan fingerprint density at radius 1 is 1.50 bits per heavy atom. The van der Waals surface area contributed by atoms with Gasteiger partial charge in [0, 0.05) is 9.99 Å². The molecule has 1 rings (SSSR count). The van der Waals surface area contributed by atoms with Crippen LogP contribution in [0.1, 0.15) is 18.9 Å². The van der Waals surface area contributed by atoms with Crippen LogP contribution in [-0.2, 0) is 16.0 Å². The van der Waals surface area contributed by atoms with Gasteiger partial charge in [-0.25, -0.2) is 0 Å². The van der Waals surface area contributed by atoms with Crippen LogP contribution in [0.5, 0.6) is 0 Å². The molecule has 3 nitrogen and oxygen atoms in total. The first-order valence-corrected chi connectivity index (χ1v) is 6.22. The Morgan fingerprint density at radius 3 is 2.62 bits per heavy atom. The molecule has 1 aromatic rings. The lowest BCUT2D eigenvalue weighted by atomic mass is 9.89. The minimum atomic E-state index is -0.921. The van der Waals surface area contributed by atoms with Crippen LogP contribution in [0, 0.1) is 3.57 Å².